The van der Waals surface area contributed by atoms with Gasteiger partial charge in [-0.05, 0) is 48.7 Å². The molecule has 3 rings (SSSR count). The zero-order chi connectivity index (χ0) is 17.8. The first kappa shape index (κ1) is 16.8. The van der Waals surface area contributed by atoms with Crippen LogP contribution in [0.3, 0.4) is 0 Å². The molecule has 0 radical (unpaired) electrons. The largest absolute Gasteiger partial charge is 0.439 e. The minimum absolute atomic E-state index is 0.108. The maximum Gasteiger partial charge on any atom is 0.268 e. The van der Waals surface area contributed by atoms with Gasteiger partial charge in [0.1, 0.15) is 11.4 Å². The summed E-state index contributed by atoms with van der Waals surface area (Å²) in [6.45, 7) is 4.45. The first-order valence-corrected chi connectivity index (χ1v) is 8.12. The number of carbonyl (C=O) groups excluding carboxylic acids is 1. The van der Waals surface area contributed by atoms with E-state index in [1.807, 2.05) is 63.5 Å². The Morgan fingerprint density at radius 1 is 1.20 bits per heavy atom. The van der Waals surface area contributed by atoms with Crippen LogP contribution in [0.15, 0.2) is 54.9 Å². The summed E-state index contributed by atoms with van der Waals surface area (Å²) in [4.78, 5) is 16.4. The van der Waals surface area contributed by atoms with E-state index in [0.717, 1.165) is 22.4 Å². The monoisotopic (exact) mass is 335 g/mol. The maximum absolute atomic E-state index is 12.1. The van der Waals surface area contributed by atoms with Crippen LogP contribution in [0.4, 0.5) is 0 Å². The van der Waals surface area contributed by atoms with Gasteiger partial charge in [0.2, 0.25) is 5.88 Å². The standard InChI is InChI=1S/C20H21N3O2/c1-14-6-7-15(2)18(11-14)25-19-9-8-16(12-21-19)13-22-20(24)17-5-4-10-23(17)3/h4-12H,13H2,1-3H3,(H,22,24). The van der Waals surface area contributed by atoms with E-state index in [4.69, 9.17) is 4.74 Å². The number of aromatic nitrogens is 2. The van der Waals surface area contributed by atoms with Gasteiger partial charge in [-0.3, -0.25) is 4.79 Å². The second-order valence-corrected chi connectivity index (χ2v) is 6.06. The van der Waals surface area contributed by atoms with Crippen LogP contribution in [-0.4, -0.2) is 15.5 Å². The lowest BCUT2D eigenvalue weighted by molar-refractivity contribution is 0.0943. The Balaban J connectivity index is 1.61. The van der Waals surface area contributed by atoms with Gasteiger partial charge in [0.15, 0.2) is 0 Å². The molecule has 1 aromatic carbocycles. The molecule has 0 saturated carbocycles. The summed E-state index contributed by atoms with van der Waals surface area (Å²) in [5, 5.41) is 2.89. The topological polar surface area (TPSA) is 56.1 Å². The van der Waals surface area contributed by atoms with Gasteiger partial charge in [-0.25, -0.2) is 4.98 Å². The molecule has 25 heavy (non-hydrogen) atoms. The van der Waals surface area contributed by atoms with Gasteiger partial charge in [-0.15, -0.1) is 0 Å². The average Bonchev–Trinajstić information content (AvgIpc) is 3.03. The molecule has 1 N–H and O–H groups in total. The minimum atomic E-state index is -0.108. The molecule has 3 aromatic rings. The van der Waals surface area contributed by atoms with E-state index in [0.29, 0.717) is 18.1 Å². The number of hydrogen-bond donors (Lipinski definition) is 1. The lowest BCUT2D eigenvalue weighted by Gasteiger charge is -2.10. The highest BCUT2D eigenvalue weighted by Gasteiger charge is 2.08. The van der Waals surface area contributed by atoms with E-state index >= 15 is 0 Å². The first-order valence-electron chi connectivity index (χ1n) is 8.12. The van der Waals surface area contributed by atoms with Crippen molar-refractivity contribution in [2.45, 2.75) is 20.4 Å². The number of ether oxygens (including phenoxy) is 1. The van der Waals surface area contributed by atoms with Crippen molar-refractivity contribution in [1.29, 1.82) is 0 Å². The molecule has 0 aliphatic rings. The Bertz CT molecular complexity index is 882. The Labute approximate surface area is 147 Å². The van der Waals surface area contributed by atoms with Gasteiger partial charge in [-0.2, -0.15) is 0 Å². The number of benzene rings is 1. The molecule has 2 heterocycles. The van der Waals surface area contributed by atoms with Crippen LogP contribution in [0, 0.1) is 13.8 Å². The van der Waals surface area contributed by atoms with Gasteiger partial charge >= 0.3 is 0 Å². The van der Waals surface area contributed by atoms with Gasteiger partial charge in [0.05, 0.1) is 0 Å². The van der Waals surface area contributed by atoms with Crippen molar-refractivity contribution < 1.29 is 9.53 Å². The molecule has 5 heteroatoms. The smallest absolute Gasteiger partial charge is 0.268 e. The summed E-state index contributed by atoms with van der Waals surface area (Å²) >= 11 is 0. The fourth-order valence-corrected chi connectivity index (χ4v) is 2.48. The Kier molecular flexibility index (Phi) is 4.84. The van der Waals surface area contributed by atoms with Gasteiger partial charge in [0.25, 0.3) is 5.91 Å². The van der Waals surface area contributed by atoms with Crippen molar-refractivity contribution in [3.05, 3.63) is 77.2 Å². The average molecular weight is 335 g/mol. The molecule has 0 spiro atoms. The molecule has 0 atom stereocenters. The molecule has 0 fully saturated rings. The minimum Gasteiger partial charge on any atom is -0.439 e. The molecule has 2 aromatic heterocycles. The number of aryl methyl sites for hydroxylation is 3. The number of nitrogens with zero attached hydrogens (tertiary/aromatic N) is 2. The molecule has 0 aliphatic carbocycles. The molecule has 0 bridgehead atoms. The van der Waals surface area contributed by atoms with E-state index < -0.39 is 0 Å². The Morgan fingerprint density at radius 3 is 2.72 bits per heavy atom. The van der Waals surface area contributed by atoms with Gasteiger partial charge < -0.3 is 14.6 Å². The lowest BCUT2D eigenvalue weighted by atomic mass is 10.1. The maximum atomic E-state index is 12.1. The van der Waals surface area contributed by atoms with E-state index in [9.17, 15) is 4.79 Å². The zero-order valence-corrected chi connectivity index (χ0v) is 14.6. The number of nitrogens with one attached hydrogen (secondary N) is 1. The molecule has 0 saturated heterocycles. The number of hydrogen-bond acceptors (Lipinski definition) is 3. The van der Waals surface area contributed by atoms with Crippen LogP contribution < -0.4 is 10.1 Å². The van der Waals surface area contributed by atoms with Crippen LogP contribution in [0.1, 0.15) is 27.2 Å². The number of pyridine rings is 1. The third-order valence-electron chi connectivity index (χ3n) is 3.99. The number of rotatable bonds is 5. The Morgan fingerprint density at radius 2 is 2.04 bits per heavy atom. The van der Waals surface area contributed by atoms with Crippen molar-refractivity contribution in [1.82, 2.24) is 14.9 Å². The fourth-order valence-electron chi connectivity index (χ4n) is 2.48. The molecule has 5 nitrogen and oxygen atoms in total. The number of carbonyl (C=O) groups is 1. The Hall–Kier alpha value is -3.08. The summed E-state index contributed by atoms with van der Waals surface area (Å²) in [5.41, 5.74) is 3.74. The molecule has 0 aliphatic heterocycles. The summed E-state index contributed by atoms with van der Waals surface area (Å²) in [7, 11) is 1.84. The first-order chi connectivity index (χ1) is 12.0. The summed E-state index contributed by atoms with van der Waals surface area (Å²) in [6, 6.07) is 13.4. The summed E-state index contributed by atoms with van der Waals surface area (Å²) in [6.07, 6.45) is 3.56. The quantitative estimate of drug-likeness (QED) is 0.772. The van der Waals surface area contributed by atoms with Crippen LogP contribution in [0.5, 0.6) is 11.6 Å². The normalized spacial score (nSPS) is 10.5. The predicted octanol–water partition coefficient (Wildman–Crippen LogP) is 3.76. The summed E-state index contributed by atoms with van der Waals surface area (Å²) in [5.74, 6) is 1.23. The second kappa shape index (κ2) is 7.21. The SMILES string of the molecule is Cc1ccc(C)c(Oc2ccc(CNC(=O)c3cccn3C)cn2)c1. The van der Waals surface area contributed by atoms with Crippen molar-refractivity contribution in [3.63, 3.8) is 0 Å². The van der Waals surface area contributed by atoms with E-state index in [-0.39, 0.29) is 5.91 Å². The second-order valence-electron chi connectivity index (χ2n) is 6.06. The van der Waals surface area contributed by atoms with Crippen LogP contribution in [0.2, 0.25) is 0 Å². The third kappa shape index (κ3) is 4.07. The van der Waals surface area contributed by atoms with E-state index in [2.05, 4.69) is 10.3 Å². The highest BCUT2D eigenvalue weighted by molar-refractivity contribution is 5.92. The van der Waals surface area contributed by atoms with Crippen molar-refractivity contribution in [3.8, 4) is 11.6 Å². The molecule has 1 amide bonds. The molecular formula is C20H21N3O2. The fraction of sp³-hybridized carbons (Fsp3) is 0.200. The highest BCUT2D eigenvalue weighted by atomic mass is 16.5. The van der Waals surface area contributed by atoms with Crippen molar-refractivity contribution in [2.75, 3.05) is 0 Å². The molecule has 128 valence electrons. The van der Waals surface area contributed by atoms with E-state index in [1.165, 1.54) is 0 Å². The predicted molar refractivity (Wildman–Crippen MR) is 96.8 cm³/mol. The zero-order valence-electron chi connectivity index (χ0n) is 14.6. The van der Waals surface area contributed by atoms with Gasteiger partial charge in [0, 0.05) is 32.1 Å². The highest BCUT2D eigenvalue weighted by Crippen LogP contribution is 2.24. The third-order valence-corrected chi connectivity index (χ3v) is 3.99. The molecular weight excluding hydrogens is 314 g/mol. The van der Waals surface area contributed by atoms with Crippen molar-refractivity contribution in [2.24, 2.45) is 7.05 Å². The van der Waals surface area contributed by atoms with Crippen LogP contribution in [0.25, 0.3) is 0 Å². The van der Waals surface area contributed by atoms with Gasteiger partial charge in [-0.1, -0.05) is 18.2 Å². The van der Waals surface area contributed by atoms with Crippen LogP contribution >= 0.6 is 0 Å². The number of amides is 1. The lowest BCUT2D eigenvalue weighted by Crippen LogP contribution is -2.24. The summed E-state index contributed by atoms with van der Waals surface area (Å²) < 4.78 is 7.63. The van der Waals surface area contributed by atoms with E-state index in [1.54, 1.807) is 16.8 Å². The van der Waals surface area contributed by atoms with Crippen molar-refractivity contribution >= 4 is 5.91 Å². The molecule has 0 unspecified atom stereocenters. The van der Waals surface area contributed by atoms with Crippen LogP contribution in [-0.2, 0) is 13.6 Å².